The number of amides is 1. The lowest BCUT2D eigenvalue weighted by Crippen LogP contribution is -2.12. The highest BCUT2D eigenvalue weighted by molar-refractivity contribution is 6.26. The smallest absolute Gasteiger partial charge is 0.345 e. The third-order valence-electron chi connectivity index (χ3n) is 4.92. The molecule has 3 heterocycles. The SMILES string of the molecule is CC1=NNC(=O)C1=Cc1cn(-c2ccccc2)nc1-c1cc2ccccc2oc1=O. The molecule has 146 valence electrons. The standard InChI is InChI=1S/C23H16N4O3/c1-14-18(22(28)25-24-14)12-16-13-27(17-8-3-2-4-9-17)26-21(16)19-11-15-7-5-6-10-20(15)30-23(19)29/h2-13H,1H3,(H,25,28). The van der Waals surface area contributed by atoms with Crippen LogP contribution in [0.3, 0.4) is 0 Å². The molecule has 0 fully saturated rings. The van der Waals surface area contributed by atoms with Crippen molar-refractivity contribution in [1.82, 2.24) is 15.2 Å². The summed E-state index contributed by atoms with van der Waals surface area (Å²) in [6.07, 6.45) is 3.47. The molecule has 7 nitrogen and oxygen atoms in total. The average molecular weight is 396 g/mol. The van der Waals surface area contributed by atoms with Gasteiger partial charge >= 0.3 is 5.63 Å². The van der Waals surface area contributed by atoms with Gasteiger partial charge in [-0.25, -0.2) is 14.9 Å². The lowest BCUT2D eigenvalue weighted by atomic mass is 10.0. The maximum Gasteiger partial charge on any atom is 0.345 e. The van der Waals surface area contributed by atoms with Crippen molar-refractivity contribution in [2.75, 3.05) is 0 Å². The first-order valence-electron chi connectivity index (χ1n) is 9.35. The fourth-order valence-corrected chi connectivity index (χ4v) is 3.39. The molecular formula is C23H16N4O3. The normalized spacial score (nSPS) is 14.9. The second-order valence-electron chi connectivity index (χ2n) is 6.89. The van der Waals surface area contributed by atoms with Gasteiger partial charge in [-0.2, -0.15) is 10.2 Å². The minimum absolute atomic E-state index is 0.295. The maximum atomic E-state index is 12.8. The number of para-hydroxylation sites is 2. The zero-order valence-electron chi connectivity index (χ0n) is 16.0. The highest BCUT2D eigenvalue weighted by atomic mass is 16.4. The summed E-state index contributed by atoms with van der Waals surface area (Å²) < 4.78 is 7.18. The summed E-state index contributed by atoms with van der Waals surface area (Å²) in [5.74, 6) is -0.295. The van der Waals surface area contributed by atoms with Crippen LogP contribution in [0.2, 0.25) is 0 Å². The third kappa shape index (κ3) is 3.02. The molecule has 4 aromatic rings. The number of nitrogens with one attached hydrogen (secondary N) is 1. The van der Waals surface area contributed by atoms with Crippen LogP contribution in [-0.4, -0.2) is 21.4 Å². The molecule has 0 unspecified atom stereocenters. The van der Waals surface area contributed by atoms with Crippen molar-refractivity contribution in [2.45, 2.75) is 6.92 Å². The van der Waals surface area contributed by atoms with E-state index in [-0.39, 0.29) is 5.91 Å². The van der Waals surface area contributed by atoms with Gasteiger partial charge in [0.2, 0.25) is 0 Å². The van der Waals surface area contributed by atoms with Gasteiger partial charge in [0, 0.05) is 17.1 Å². The van der Waals surface area contributed by atoms with E-state index in [1.54, 1.807) is 36.0 Å². The number of nitrogens with zero attached hydrogens (tertiary/aromatic N) is 3. The predicted octanol–water partition coefficient (Wildman–Crippen LogP) is 3.53. The van der Waals surface area contributed by atoms with Gasteiger partial charge < -0.3 is 4.42 Å². The molecular weight excluding hydrogens is 380 g/mol. The van der Waals surface area contributed by atoms with Gasteiger partial charge in [-0.3, -0.25) is 4.79 Å². The van der Waals surface area contributed by atoms with Crippen LogP contribution in [0.4, 0.5) is 0 Å². The van der Waals surface area contributed by atoms with Gasteiger partial charge in [-0.1, -0.05) is 36.4 Å². The number of hydrogen-bond acceptors (Lipinski definition) is 5. The summed E-state index contributed by atoms with van der Waals surface area (Å²) in [5, 5.41) is 9.40. The fourth-order valence-electron chi connectivity index (χ4n) is 3.39. The van der Waals surface area contributed by atoms with Crippen molar-refractivity contribution in [3.8, 4) is 16.9 Å². The summed E-state index contributed by atoms with van der Waals surface area (Å²) in [6.45, 7) is 1.75. The number of hydrazone groups is 1. The molecule has 30 heavy (non-hydrogen) atoms. The van der Waals surface area contributed by atoms with E-state index < -0.39 is 5.63 Å². The molecule has 0 saturated heterocycles. The molecule has 0 aliphatic carbocycles. The van der Waals surface area contributed by atoms with Crippen LogP contribution in [-0.2, 0) is 4.79 Å². The molecule has 1 aliphatic rings. The zero-order chi connectivity index (χ0) is 20.7. The number of carbonyl (C=O) groups is 1. The van der Waals surface area contributed by atoms with Crippen LogP contribution in [0, 0.1) is 0 Å². The molecule has 2 aromatic carbocycles. The van der Waals surface area contributed by atoms with Crippen LogP contribution in [0.5, 0.6) is 0 Å². The molecule has 1 amide bonds. The van der Waals surface area contributed by atoms with Crippen LogP contribution in [0.15, 0.2) is 86.7 Å². The minimum Gasteiger partial charge on any atom is -0.422 e. The number of fused-ring (bicyclic) bond motifs is 1. The first-order chi connectivity index (χ1) is 14.6. The Kier molecular flexibility index (Phi) is 4.14. The predicted molar refractivity (Wildman–Crippen MR) is 114 cm³/mol. The minimum atomic E-state index is -0.493. The lowest BCUT2D eigenvalue weighted by Gasteiger charge is -2.02. The van der Waals surface area contributed by atoms with Crippen LogP contribution >= 0.6 is 0 Å². The first-order valence-corrected chi connectivity index (χ1v) is 9.35. The second-order valence-corrected chi connectivity index (χ2v) is 6.89. The molecule has 1 aliphatic heterocycles. The monoisotopic (exact) mass is 396 g/mol. The number of aromatic nitrogens is 2. The Morgan fingerprint density at radius 2 is 1.80 bits per heavy atom. The van der Waals surface area contributed by atoms with E-state index in [1.165, 1.54) is 0 Å². The Hall–Kier alpha value is -4.26. The van der Waals surface area contributed by atoms with Gasteiger partial charge in [-0.15, -0.1) is 0 Å². The van der Waals surface area contributed by atoms with E-state index in [0.717, 1.165) is 11.1 Å². The number of carbonyl (C=O) groups excluding carboxylic acids is 1. The molecule has 2 aromatic heterocycles. The van der Waals surface area contributed by atoms with E-state index in [4.69, 9.17) is 4.42 Å². The molecule has 5 rings (SSSR count). The van der Waals surface area contributed by atoms with Gasteiger partial charge in [0.05, 0.1) is 22.5 Å². The second kappa shape index (κ2) is 6.97. The lowest BCUT2D eigenvalue weighted by molar-refractivity contribution is -0.116. The Morgan fingerprint density at radius 3 is 2.57 bits per heavy atom. The van der Waals surface area contributed by atoms with Crippen LogP contribution in [0.25, 0.3) is 34.0 Å². The van der Waals surface area contributed by atoms with Crippen molar-refractivity contribution in [3.63, 3.8) is 0 Å². The van der Waals surface area contributed by atoms with Crippen molar-refractivity contribution in [2.24, 2.45) is 5.10 Å². The summed E-state index contributed by atoms with van der Waals surface area (Å²) in [6, 6.07) is 18.6. The van der Waals surface area contributed by atoms with Crippen molar-refractivity contribution in [1.29, 1.82) is 0 Å². The summed E-state index contributed by atoms with van der Waals surface area (Å²) in [5.41, 5.74) is 5.65. The molecule has 0 saturated carbocycles. The van der Waals surface area contributed by atoms with Gasteiger partial charge in [0.25, 0.3) is 5.91 Å². The Morgan fingerprint density at radius 1 is 1.03 bits per heavy atom. The first kappa shape index (κ1) is 17.8. The topological polar surface area (TPSA) is 89.5 Å². The van der Waals surface area contributed by atoms with Crippen molar-refractivity contribution in [3.05, 3.63) is 88.4 Å². The van der Waals surface area contributed by atoms with Gasteiger partial charge in [0.1, 0.15) is 11.3 Å². The molecule has 1 N–H and O–H groups in total. The third-order valence-corrected chi connectivity index (χ3v) is 4.92. The highest BCUT2D eigenvalue weighted by Gasteiger charge is 2.22. The van der Waals surface area contributed by atoms with E-state index >= 15 is 0 Å². The number of hydrogen-bond donors (Lipinski definition) is 1. The summed E-state index contributed by atoms with van der Waals surface area (Å²) in [4.78, 5) is 24.9. The summed E-state index contributed by atoms with van der Waals surface area (Å²) in [7, 11) is 0. The van der Waals surface area contributed by atoms with E-state index in [1.807, 2.05) is 48.5 Å². The van der Waals surface area contributed by atoms with Crippen molar-refractivity contribution < 1.29 is 9.21 Å². The molecule has 0 radical (unpaired) electrons. The number of benzene rings is 2. The Labute approximate surface area is 171 Å². The fraction of sp³-hybridized carbons (Fsp3) is 0.0435. The van der Waals surface area contributed by atoms with Crippen molar-refractivity contribution >= 4 is 28.7 Å². The quantitative estimate of drug-likeness (QED) is 0.424. The Bertz CT molecular complexity index is 1410. The van der Waals surface area contributed by atoms with Gasteiger partial charge in [0.15, 0.2) is 0 Å². The molecule has 0 bridgehead atoms. The molecule has 0 spiro atoms. The van der Waals surface area contributed by atoms with E-state index in [9.17, 15) is 9.59 Å². The maximum absolute atomic E-state index is 12.8. The van der Waals surface area contributed by atoms with E-state index in [0.29, 0.717) is 33.7 Å². The summed E-state index contributed by atoms with van der Waals surface area (Å²) >= 11 is 0. The average Bonchev–Trinajstić information content (AvgIpc) is 3.32. The van der Waals surface area contributed by atoms with Crippen LogP contribution in [0.1, 0.15) is 12.5 Å². The van der Waals surface area contributed by atoms with E-state index in [2.05, 4.69) is 15.6 Å². The molecule has 7 heteroatoms. The largest absolute Gasteiger partial charge is 0.422 e. The highest BCUT2D eigenvalue weighted by Crippen LogP contribution is 2.27. The van der Waals surface area contributed by atoms with Gasteiger partial charge in [-0.05, 0) is 37.3 Å². The zero-order valence-corrected chi connectivity index (χ0v) is 16.0. The Balaban J connectivity index is 1.75. The van der Waals surface area contributed by atoms with Crippen LogP contribution < -0.4 is 11.1 Å². The molecule has 0 atom stereocenters. The number of rotatable bonds is 3.